The molecule has 2 rings (SSSR count). The summed E-state index contributed by atoms with van der Waals surface area (Å²) in [5.74, 6) is -0.327. The highest BCUT2D eigenvalue weighted by atomic mass is 16.6. The molecule has 2 aromatic carbocycles. The number of hydrogen-bond donors (Lipinski definition) is 2. The van der Waals surface area contributed by atoms with E-state index in [2.05, 4.69) is 31.5 Å². The molecule has 0 aliphatic carbocycles. The van der Waals surface area contributed by atoms with Gasteiger partial charge in [-0.3, -0.25) is 10.3 Å². The first-order valence-corrected chi connectivity index (χ1v) is 9.70. The van der Waals surface area contributed by atoms with Gasteiger partial charge in [0, 0.05) is 18.6 Å². The van der Waals surface area contributed by atoms with Gasteiger partial charge in [0.25, 0.3) is 0 Å². The first-order chi connectivity index (χ1) is 13.9. The van der Waals surface area contributed by atoms with Crippen molar-refractivity contribution in [2.24, 2.45) is 0 Å². The van der Waals surface area contributed by atoms with E-state index in [1.165, 1.54) is 11.1 Å². The Morgan fingerprint density at radius 3 is 2.38 bits per heavy atom. The van der Waals surface area contributed by atoms with Crippen molar-refractivity contribution >= 4 is 11.7 Å². The molecule has 6 nitrogen and oxygen atoms in total. The first-order valence-electron chi connectivity index (χ1n) is 9.70. The van der Waals surface area contributed by atoms with Gasteiger partial charge in [0.2, 0.25) is 0 Å². The maximum Gasteiger partial charge on any atom is 0.333 e. The van der Waals surface area contributed by atoms with Crippen LogP contribution in [-0.2, 0) is 20.8 Å². The largest absolute Gasteiger partial charge is 0.479 e. The average molecular weight is 399 g/mol. The molecule has 2 N–H and O–H groups in total. The molecule has 0 aromatic heterocycles. The van der Waals surface area contributed by atoms with Crippen LogP contribution in [0.4, 0.5) is 0 Å². The van der Waals surface area contributed by atoms with Gasteiger partial charge < -0.3 is 14.6 Å². The molecule has 0 radical (unpaired) electrons. The van der Waals surface area contributed by atoms with Crippen molar-refractivity contribution in [3.05, 3.63) is 71.0 Å². The lowest BCUT2D eigenvalue weighted by Gasteiger charge is -2.13. The van der Waals surface area contributed by atoms with Crippen molar-refractivity contribution in [1.29, 1.82) is 0 Å². The minimum absolute atomic E-state index is 0.305. The number of ether oxygens (including phenoxy) is 2. The number of carbonyl (C=O) groups is 1. The van der Waals surface area contributed by atoms with Crippen molar-refractivity contribution < 1.29 is 24.2 Å². The van der Waals surface area contributed by atoms with Crippen molar-refractivity contribution in [2.75, 3.05) is 13.2 Å². The highest BCUT2D eigenvalue weighted by Crippen LogP contribution is 2.19. The summed E-state index contributed by atoms with van der Waals surface area (Å²) in [4.78, 5) is 16.6. The van der Waals surface area contributed by atoms with E-state index in [4.69, 9.17) is 14.3 Å². The molecule has 2 aromatic rings. The fourth-order valence-electron chi connectivity index (χ4n) is 2.67. The molecule has 0 aliphatic rings. The molecular formula is C23H29NO5. The zero-order valence-electron chi connectivity index (χ0n) is 17.4. The highest BCUT2D eigenvalue weighted by Gasteiger charge is 2.17. The summed E-state index contributed by atoms with van der Waals surface area (Å²) in [5.41, 5.74) is 7.85. The Kier molecular flexibility index (Phi) is 8.70. The Morgan fingerprint density at radius 1 is 1.07 bits per heavy atom. The van der Waals surface area contributed by atoms with Crippen LogP contribution in [0.1, 0.15) is 36.1 Å². The van der Waals surface area contributed by atoms with E-state index in [0.29, 0.717) is 31.1 Å². The molecule has 0 amide bonds. The molecule has 0 heterocycles. The Balaban J connectivity index is 2.11. The monoisotopic (exact) mass is 399 g/mol. The first kappa shape index (κ1) is 22.5. The van der Waals surface area contributed by atoms with Crippen molar-refractivity contribution in [3.63, 3.8) is 0 Å². The van der Waals surface area contributed by atoms with Crippen LogP contribution in [-0.4, -0.2) is 30.4 Å². The molecule has 6 heteroatoms. The second kappa shape index (κ2) is 11.2. The third-order valence-electron chi connectivity index (χ3n) is 4.44. The van der Waals surface area contributed by atoms with Gasteiger partial charge >= 0.3 is 5.97 Å². The summed E-state index contributed by atoms with van der Waals surface area (Å²) in [6.45, 7) is 8.68. The number of rotatable bonds is 11. The van der Waals surface area contributed by atoms with Gasteiger partial charge in [-0.05, 0) is 62.6 Å². The Labute approximate surface area is 172 Å². The van der Waals surface area contributed by atoms with E-state index in [1.54, 1.807) is 25.3 Å². The standard InChI is InChI=1S/C23H29NO5/c1-5-27-22(23(25)26)14-18-8-11-20(12-9-18)28-15-21(24-29-6-2)19-10-7-16(3)17(4)13-19/h7-13,15,22,24H,5-6,14H2,1-4H3,(H,25,26). The van der Waals surface area contributed by atoms with Crippen molar-refractivity contribution in [2.45, 2.75) is 40.2 Å². The molecule has 0 spiro atoms. The Hall–Kier alpha value is -2.83. The van der Waals surface area contributed by atoms with Crippen LogP contribution >= 0.6 is 0 Å². The molecule has 0 aliphatic heterocycles. The number of aryl methyl sites for hydroxylation is 2. The van der Waals surface area contributed by atoms with Crippen molar-refractivity contribution in [3.8, 4) is 5.75 Å². The fourth-order valence-corrected chi connectivity index (χ4v) is 2.67. The molecule has 0 saturated heterocycles. The van der Waals surface area contributed by atoms with Gasteiger partial charge in [0.15, 0.2) is 6.10 Å². The third-order valence-corrected chi connectivity index (χ3v) is 4.44. The van der Waals surface area contributed by atoms with Gasteiger partial charge in [-0.1, -0.05) is 24.3 Å². The van der Waals surface area contributed by atoms with Crippen LogP contribution in [0.3, 0.4) is 0 Å². The zero-order chi connectivity index (χ0) is 21.2. The molecule has 29 heavy (non-hydrogen) atoms. The van der Waals surface area contributed by atoms with E-state index < -0.39 is 12.1 Å². The fraction of sp³-hybridized carbons (Fsp3) is 0.348. The summed E-state index contributed by atoms with van der Waals surface area (Å²) in [6.07, 6.45) is 1.06. The lowest BCUT2D eigenvalue weighted by Crippen LogP contribution is -2.26. The average Bonchev–Trinajstić information content (AvgIpc) is 2.71. The minimum atomic E-state index is -0.963. The number of carboxylic acids is 1. The quantitative estimate of drug-likeness (QED) is 0.434. The number of hydroxylamine groups is 1. The maximum absolute atomic E-state index is 11.2. The molecule has 156 valence electrons. The van der Waals surface area contributed by atoms with Crippen LogP contribution in [0.5, 0.6) is 5.75 Å². The van der Waals surface area contributed by atoms with Gasteiger partial charge in [-0.15, -0.1) is 0 Å². The third kappa shape index (κ3) is 6.93. The summed E-state index contributed by atoms with van der Waals surface area (Å²) < 4.78 is 11.1. The number of aliphatic carboxylic acids is 1. The van der Waals surface area contributed by atoms with Crippen LogP contribution in [0.2, 0.25) is 0 Å². The van der Waals surface area contributed by atoms with Crippen LogP contribution in [0.15, 0.2) is 48.7 Å². The zero-order valence-corrected chi connectivity index (χ0v) is 17.4. The number of benzene rings is 2. The number of hydrogen-bond acceptors (Lipinski definition) is 5. The molecule has 0 fully saturated rings. The summed E-state index contributed by atoms with van der Waals surface area (Å²) in [5, 5.41) is 9.21. The minimum Gasteiger partial charge on any atom is -0.479 e. The normalized spacial score (nSPS) is 12.5. The molecule has 1 atom stereocenters. The highest BCUT2D eigenvalue weighted by molar-refractivity contribution is 5.72. The van der Waals surface area contributed by atoms with E-state index in [9.17, 15) is 9.90 Å². The molecule has 0 bridgehead atoms. The van der Waals surface area contributed by atoms with E-state index in [-0.39, 0.29) is 0 Å². The molecular weight excluding hydrogens is 370 g/mol. The smallest absolute Gasteiger partial charge is 0.333 e. The van der Waals surface area contributed by atoms with Crippen molar-refractivity contribution in [1.82, 2.24) is 5.48 Å². The van der Waals surface area contributed by atoms with E-state index in [1.807, 2.05) is 25.1 Å². The summed E-state index contributed by atoms with van der Waals surface area (Å²) >= 11 is 0. The lowest BCUT2D eigenvalue weighted by atomic mass is 10.0. The maximum atomic E-state index is 11.2. The van der Waals surface area contributed by atoms with Gasteiger partial charge in [-0.2, -0.15) is 0 Å². The van der Waals surface area contributed by atoms with Crippen LogP contribution in [0, 0.1) is 13.8 Å². The van der Waals surface area contributed by atoms with Crippen LogP contribution < -0.4 is 10.2 Å². The van der Waals surface area contributed by atoms with Crippen LogP contribution in [0.25, 0.3) is 5.70 Å². The molecule has 1 unspecified atom stereocenters. The second-order valence-electron chi connectivity index (χ2n) is 6.61. The number of nitrogens with one attached hydrogen (secondary N) is 1. The summed E-state index contributed by atoms with van der Waals surface area (Å²) in [6, 6.07) is 13.4. The summed E-state index contributed by atoms with van der Waals surface area (Å²) in [7, 11) is 0. The second-order valence-corrected chi connectivity index (χ2v) is 6.61. The number of carboxylic acid groups (broad SMARTS) is 1. The van der Waals surface area contributed by atoms with Gasteiger partial charge in [0.1, 0.15) is 17.7 Å². The SMILES string of the molecule is CCONC(=COc1ccc(CC(OCC)C(=O)O)cc1)c1ccc(C)c(C)c1. The Bertz CT molecular complexity index is 830. The van der Waals surface area contributed by atoms with Gasteiger partial charge in [0.05, 0.1) is 6.61 Å². The van der Waals surface area contributed by atoms with E-state index >= 15 is 0 Å². The topological polar surface area (TPSA) is 77.0 Å². The predicted molar refractivity (Wildman–Crippen MR) is 112 cm³/mol. The predicted octanol–water partition coefficient (Wildman–Crippen LogP) is 4.25. The Morgan fingerprint density at radius 2 is 1.79 bits per heavy atom. The molecule has 0 saturated carbocycles. The van der Waals surface area contributed by atoms with Gasteiger partial charge in [-0.25, -0.2) is 4.79 Å². The van der Waals surface area contributed by atoms with E-state index in [0.717, 1.165) is 11.1 Å². The lowest BCUT2D eigenvalue weighted by molar-refractivity contribution is -0.149.